The van der Waals surface area contributed by atoms with Crippen molar-refractivity contribution in [3.8, 4) is 11.5 Å². The Morgan fingerprint density at radius 3 is 2.79 bits per heavy atom. The van der Waals surface area contributed by atoms with Crippen LogP contribution in [0.1, 0.15) is 16.8 Å². The van der Waals surface area contributed by atoms with E-state index in [0.717, 1.165) is 16.8 Å². The lowest BCUT2D eigenvalue weighted by Crippen LogP contribution is -2.14. The molecule has 0 atom stereocenters. The number of aryl methyl sites for hydroxylation is 1. The standard InChI is InChI=1S/C15H18N2O2/c1-11-5-4-8-17-13(11)10-16-9-12-6-3-7-14(19-2)15(12)18/h3-8,16,18H,9-10H2,1-2H3. The molecule has 4 heteroatoms. The summed E-state index contributed by atoms with van der Waals surface area (Å²) < 4.78 is 5.08. The predicted molar refractivity (Wildman–Crippen MR) is 74.2 cm³/mol. The number of aromatic nitrogens is 1. The zero-order valence-corrected chi connectivity index (χ0v) is 11.2. The minimum Gasteiger partial charge on any atom is -0.504 e. The number of methoxy groups -OCH3 is 1. The molecule has 0 saturated heterocycles. The van der Waals surface area contributed by atoms with Gasteiger partial charge in [-0.15, -0.1) is 0 Å². The Labute approximate surface area is 113 Å². The van der Waals surface area contributed by atoms with Crippen molar-refractivity contribution in [2.24, 2.45) is 0 Å². The molecule has 0 aliphatic carbocycles. The van der Waals surface area contributed by atoms with Crippen LogP contribution in [-0.2, 0) is 13.1 Å². The van der Waals surface area contributed by atoms with Crippen LogP contribution in [0, 0.1) is 6.92 Å². The van der Waals surface area contributed by atoms with Crippen molar-refractivity contribution in [3.63, 3.8) is 0 Å². The molecule has 1 aromatic heterocycles. The highest BCUT2D eigenvalue weighted by atomic mass is 16.5. The maximum Gasteiger partial charge on any atom is 0.162 e. The van der Waals surface area contributed by atoms with Gasteiger partial charge in [0.25, 0.3) is 0 Å². The van der Waals surface area contributed by atoms with Crippen molar-refractivity contribution in [1.82, 2.24) is 10.3 Å². The van der Waals surface area contributed by atoms with Gasteiger partial charge in [0, 0.05) is 24.8 Å². The number of nitrogens with zero attached hydrogens (tertiary/aromatic N) is 1. The molecule has 0 aliphatic rings. The van der Waals surface area contributed by atoms with Gasteiger partial charge in [-0.25, -0.2) is 0 Å². The van der Waals surface area contributed by atoms with Crippen LogP contribution >= 0.6 is 0 Å². The molecule has 1 heterocycles. The van der Waals surface area contributed by atoms with E-state index in [2.05, 4.69) is 10.3 Å². The summed E-state index contributed by atoms with van der Waals surface area (Å²) in [5.41, 5.74) is 2.99. The number of benzene rings is 1. The van der Waals surface area contributed by atoms with Crippen molar-refractivity contribution in [3.05, 3.63) is 53.3 Å². The van der Waals surface area contributed by atoms with Crippen molar-refractivity contribution < 1.29 is 9.84 Å². The van der Waals surface area contributed by atoms with Crippen molar-refractivity contribution in [2.45, 2.75) is 20.0 Å². The number of pyridine rings is 1. The number of nitrogens with one attached hydrogen (secondary N) is 1. The molecule has 0 bridgehead atoms. The second-order valence-corrected chi connectivity index (χ2v) is 4.34. The van der Waals surface area contributed by atoms with E-state index in [-0.39, 0.29) is 5.75 Å². The van der Waals surface area contributed by atoms with Crippen molar-refractivity contribution in [2.75, 3.05) is 7.11 Å². The maximum atomic E-state index is 9.96. The van der Waals surface area contributed by atoms with Crippen LogP contribution in [0.15, 0.2) is 36.5 Å². The fourth-order valence-corrected chi connectivity index (χ4v) is 1.89. The van der Waals surface area contributed by atoms with Gasteiger partial charge in [0.05, 0.1) is 12.8 Å². The lowest BCUT2D eigenvalue weighted by Gasteiger charge is -2.10. The van der Waals surface area contributed by atoms with Gasteiger partial charge in [-0.3, -0.25) is 4.98 Å². The Kier molecular flexibility index (Phi) is 4.36. The number of hydrogen-bond acceptors (Lipinski definition) is 4. The first-order valence-electron chi connectivity index (χ1n) is 6.18. The van der Waals surface area contributed by atoms with E-state index in [1.807, 2.05) is 31.2 Å². The fraction of sp³-hybridized carbons (Fsp3) is 0.267. The maximum absolute atomic E-state index is 9.96. The zero-order chi connectivity index (χ0) is 13.7. The Bertz CT molecular complexity index is 556. The van der Waals surface area contributed by atoms with Gasteiger partial charge in [0.1, 0.15) is 0 Å². The molecule has 0 amide bonds. The lowest BCUT2D eigenvalue weighted by atomic mass is 10.1. The average Bonchev–Trinajstić information content (AvgIpc) is 2.43. The molecule has 0 saturated carbocycles. The highest BCUT2D eigenvalue weighted by Gasteiger charge is 2.07. The summed E-state index contributed by atoms with van der Waals surface area (Å²) in [6.45, 7) is 3.27. The first-order valence-corrected chi connectivity index (χ1v) is 6.18. The molecule has 0 unspecified atom stereocenters. The quantitative estimate of drug-likeness (QED) is 0.864. The molecule has 0 aliphatic heterocycles. The molecule has 1 aromatic carbocycles. The number of phenols is 1. The molecule has 100 valence electrons. The molecule has 0 spiro atoms. The summed E-state index contributed by atoms with van der Waals surface area (Å²) in [6.07, 6.45) is 1.78. The molecule has 2 aromatic rings. The van der Waals surface area contributed by atoms with Crippen LogP contribution in [0.25, 0.3) is 0 Å². The summed E-state index contributed by atoms with van der Waals surface area (Å²) in [5, 5.41) is 13.2. The number of para-hydroxylation sites is 1. The minimum atomic E-state index is 0.190. The van der Waals surface area contributed by atoms with Gasteiger partial charge in [0.15, 0.2) is 11.5 Å². The molecule has 4 nitrogen and oxygen atoms in total. The van der Waals surface area contributed by atoms with E-state index in [0.29, 0.717) is 18.8 Å². The van der Waals surface area contributed by atoms with Gasteiger partial charge in [-0.05, 0) is 24.6 Å². The summed E-state index contributed by atoms with van der Waals surface area (Å²) >= 11 is 0. The second-order valence-electron chi connectivity index (χ2n) is 4.34. The molecule has 19 heavy (non-hydrogen) atoms. The van der Waals surface area contributed by atoms with Crippen LogP contribution in [0.3, 0.4) is 0 Å². The smallest absolute Gasteiger partial charge is 0.162 e. The first-order chi connectivity index (χ1) is 9.22. The summed E-state index contributed by atoms with van der Waals surface area (Å²) in [5.74, 6) is 0.684. The van der Waals surface area contributed by atoms with Gasteiger partial charge < -0.3 is 15.2 Å². The van der Waals surface area contributed by atoms with Crippen LogP contribution < -0.4 is 10.1 Å². The Morgan fingerprint density at radius 2 is 2.05 bits per heavy atom. The normalized spacial score (nSPS) is 10.4. The summed E-state index contributed by atoms with van der Waals surface area (Å²) in [7, 11) is 1.55. The molecular weight excluding hydrogens is 240 g/mol. The Balaban J connectivity index is 1.98. The van der Waals surface area contributed by atoms with Gasteiger partial charge in [0.2, 0.25) is 0 Å². The zero-order valence-electron chi connectivity index (χ0n) is 11.2. The Morgan fingerprint density at radius 1 is 1.21 bits per heavy atom. The third kappa shape index (κ3) is 3.23. The Hall–Kier alpha value is -2.07. The lowest BCUT2D eigenvalue weighted by molar-refractivity contribution is 0.369. The fourth-order valence-electron chi connectivity index (χ4n) is 1.89. The third-order valence-electron chi connectivity index (χ3n) is 3.03. The minimum absolute atomic E-state index is 0.190. The third-order valence-corrected chi connectivity index (χ3v) is 3.03. The van der Waals surface area contributed by atoms with Crippen molar-refractivity contribution >= 4 is 0 Å². The number of hydrogen-bond donors (Lipinski definition) is 2. The summed E-state index contributed by atoms with van der Waals surface area (Å²) in [6, 6.07) is 9.43. The topological polar surface area (TPSA) is 54.4 Å². The molecular formula is C15H18N2O2. The number of ether oxygens (including phenoxy) is 1. The first kappa shape index (κ1) is 13.4. The van der Waals surface area contributed by atoms with E-state index in [1.54, 1.807) is 19.4 Å². The van der Waals surface area contributed by atoms with E-state index in [4.69, 9.17) is 4.74 Å². The van der Waals surface area contributed by atoms with Crippen LogP contribution in [-0.4, -0.2) is 17.2 Å². The van der Waals surface area contributed by atoms with E-state index in [9.17, 15) is 5.11 Å². The SMILES string of the molecule is COc1cccc(CNCc2ncccc2C)c1O. The van der Waals surface area contributed by atoms with Crippen molar-refractivity contribution in [1.29, 1.82) is 0 Å². The molecule has 2 rings (SSSR count). The van der Waals surface area contributed by atoms with Gasteiger partial charge in [-0.2, -0.15) is 0 Å². The van der Waals surface area contributed by atoms with E-state index in [1.165, 1.54) is 0 Å². The van der Waals surface area contributed by atoms with E-state index >= 15 is 0 Å². The second kappa shape index (κ2) is 6.20. The van der Waals surface area contributed by atoms with E-state index < -0.39 is 0 Å². The van der Waals surface area contributed by atoms with Gasteiger partial charge >= 0.3 is 0 Å². The number of rotatable bonds is 5. The average molecular weight is 258 g/mol. The van der Waals surface area contributed by atoms with Gasteiger partial charge in [-0.1, -0.05) is 18.2 Å². The van der Waals surface area contributed by atoms with Crippen LogP contribution in [0.5, 0.6) is 11.5 Å². The highest BCUT2D eigenvalue weighted by molar-refractivity contribution is 5.45. The monoisotopic (exact) mass is 258 g/mol. The predicted octanol–water partition coefficient (Wildman–Crippen LogP) is 2.39. The number of aromatic hydroxyl groups is 1. The number of phenolic OH excluding ortho intramolecular Hbond substituents is 1. The van der Waals surface area contributed by atoms with Crippen LogP contribution in [0.4, 0.5) is 0 Å². The largest absolute Gasteiger partial charge is 0.504 e. The molecule has 0 radical (unpaired) electrons. The molecule has 2 N–H and O–H groups in total. The highest BCUT2D eigenvalue weighted by Crippen LogP contribution is 2.29. The van der Waals surface area contributed by atoms with Crippen LogP contribution in [0.2, 0.25) is 0 Å². The summed E-state index contributed by atoms with van der Waals surface area (Å²) in [4.78, 5) is 4.32. The molecule has 0 fully saturated rings.